The average molecular weight is 418 g/mol. The number of rotatable bonds is 8. The highest BCUT2D eigenvalue weighted by atomic mass is 32.2. The molecule has 1 aromatic rings. The molecule has 8 heteroatoms. The molecular weight excluding hydrogens is 386 g/mol. The molecule has 0 N–H and O–H groups in total. The zero-order valence-electron chi connectivity index (χ0n) is 17.0. The molecule has 6 nitrogen and oxygen atoms in total. The van der Waals surface area contributed by atoms with Gasteiger partial charge in [0.1, 0.15) is 0 Å². The quantitative estimate of drug-likeness (QED) is 0.647. The van der Waals surface area contributed by atoms with E-state index in [1.807, 2.05) is 18.9 Å². The molecule has 1 aliphatic carbocycles. The highest BCUT2D eigenvalue weighted by Crippen LogP contribution is 2.52. The molecule has 1 saturated carbocycles. The molecule has 0 radical (unpaired) electrons. The second-order valence-corrected chi connectivity index (χ2v) is 11.4. The SMILES string of the molecule is CCO[C@H]1C[C@H](N(C)c2ccc(S(C)(=O)=O)cc2S(C)(=O)=O)C1(CC)CC. The number of benzene rings is 1. The summed E-state index contributed by atoms with van der Waals surface area (Å²) in [5.74, 6) is 0. The minimum Gasteiger partial charge on any atom is -0.378 e. The molecule has 154 valence electrons. The van der Waals surface area contributed by atoms with Crippen molar-refractivity contribution in [2.24, 2.45) is 5.41 Å². The lowest BCUT2D eigenvalue weighted by Gasteiger charge is -2.58. The molecule has 1 aromatic carbocycles. The van der Waals surface area contributed by atoms with Crippen molar-refractivity contribution in [3.8, 4) is 0 Å². The predicted molar refractivity (Wildman–Crippen MR) is 108 cm³/mol. The third kappa shape index (κ3) is 4.03. The molecule has 2 rings (SSSR count). The molecule has 0 amide bonds. The van der Waals surface area contributed by atoms with E-state index in [0.717, 1.165) is 31.8 Å². The average Bonchev–Trinajstić information content (AvgIpc) is 2.57. The van der Waals surface area contributed by atoms with E-state index in [4.69, 9.17) is 4.74 Å². The van der Waals surface area contributed by atoms with Crippen molar-refractivity contribution in [3.63, 3.8) is 0 Å². The number of nitrogens with zero attached hydrogens (tertiary/aromatic N) is 1. The topological polar surface area (TPSA) is 80.8 Å². The first-order valence-electron chi connectivity index (χ1n) is 9.31. The van der Waals surface area contributed by atoms with Gasteiger partial charge in [-0.25, -0.2) is 16.8 Å². The molecule has 0 spiro atoms. The highest BCUT2D eigenvalue weighted by molar-refractivity contribution is 7.91. The third-order valence-corrected chi connectivity index (χ3v) is 8.27. The molecule has 0 unspecified atom stereocenters. The van der Waals surface area contributed by atoms with Crippen LogP contribution in [0.5, 0.6) is 0 Å². The largest absolute Gasteiger partial charge is 0.378 e. The second-order valence-electron chi connectivity index (χ2n) is 7.42. The van der Waals surface area contributed by atoms with Gasteiger partial charge in [-0.2, -0.15) is 0 Å². The van der Waals surface area contributed by atoms with Gasteiger partial charge in [-0.15, -0.1) is 0 Å². The van der Waals surface area contributed by atoms with Gasteiger partial charge < -0.3 is 9.64 Å². The molecule has 0 aromatic heterocycles. The summed E-state index contributed by atoms with van der Waals surface area (Å²) in [4.78, 5) is 2.05. The standard InChI is InChI=1S/C19H31NO5S2/c1-7-19(8-2)17(13-18(19)25-9-3)20(4)15-11-10-14(26(5,21)22)12-16(15)27(6,23)24/h10-12,17-18H,7-9,13H2,1-6H3/t17-,18-/m0/s1. The summed E-state index contributed by atoms with van der Waals surface area (Å²) in [6, 6.07) is 4.49. The van der Waals surface area contributed by atoms with E-state index in [1.165, 1.54) is 12.1 Å². The monoisotopic (exact) mass is 417 g/mol. The molecule has 0 bridgehead atoms. The molecular formula is C19H31NO5S2. The molecule has 0 saturated heterocycles. The molecule has 1 aliphatic rings. The van der Waals surface area contributed by atoms with Gasteiger partial charge in [0.25, 0.3) is 0 Å². The summed E-state index contributed by atoms with van der Waals surface area (Å²) >= 11 is 0. The maximum atomic E-state index is 12.4. The number of ether oxygens (including phenoxy) is 1. The van der Waals surface area contributed by atoms with E-state index < -0.39 is 19.7 Å². The second kappa shape index (κ2) is 7.72. The maximum Gasteiger partial charge on any atom is 0.177 e. The minimum atomic E-state index is -3.59. The van der Waals surface area contributed by atoms with Crippen LogP contribution in [0.1, 0.15) is 40.0 Å². The third-order valence-electron chi connectivity index (χ3n) is 6.03. The fourth-order valence-corrected chi connectivity index (χ4v) is 6.02. The molecule has 27 heavy (non-hydrogen) atoms. The summed E-state index contributed by atoms with van der Waals surface area (Å²) < 4.78 is 54.5. The smallest absolute Gasteiger partial charge is 0.177 e. The Bertz CT molecular complexity index is 889. The zero-order chi connectivity index (χ0) is 20.6. The Morgan fingerprint density at radius 3 is 2.11 bits per heavy atom. The molecule has 0 aliphatic heterocycles. The van der Waals surface area contributed by atoms with Gasteiger partial charge >= 0.3 is 0 Å². The highest BCUT2D eigenvalue weighted by Gasteiger charge is 2.55. The van der Waals surface area contributed by atoms with E-state index in [9.17, 15) is 16.8 Å². The van der Waals surface area contributed by atoms with Crippen molar-refractivity contribution in [2.75, 3.05) is 31.1 Å². The van der Waals surface area contributed by atoms with Crippen molar-refractivity contribution in [1.82, 2.24) is 0 Å². The van der Waals surface area contributed by atoms with Crippen molar-refractivity contribution < 1.29 is 21.6 Å². The van der Waals surface area contributed by atoms with Gasteiger partial charge in [-0.1, -0.05) is 13.8 Å². The van der Waals surface area contributed by atoms with Gasteiger partial charge in [0.15, 0.2) is 19.7 Å². The van der Waals surface area contributed by atoms with Crippen molar-refractivity contribution in [2.45, 2.75) is 62.0 Å². The van der Waals surface area contributed by atoms with Crippen molar-refractivity contribution >= 4 is 25.4 Å². The summed E-state index contributed by atoms with van der Waals surface area (Å²) in [5, 5.41) is 0. The van der Waals surface area contributed by atoms with Crippen LogP contribution in [-0.4, -0.2) is 55.1 Å². The van der Waals surface area contributed by atoms with E-state index >= 15 is 0 Å². The lowest BCUT2D eigenvalue weighted by atomic mass is 9.58. The van der Waals surface area contributed by atoms with Crippen molar-refractivity contribution in [1.29, 1.82) is 0 Å². The van der Waals surface area contributed by atoms with Crippen LogP contribution >= 0.6 is 0 Å². The summed E-state index contributed by atoms with van der Waals surface area (Å²) in [7, 11) is -5.20. The normalized spacial score (nSPS) is 22.3. The van der Waals surface area contributed by atoms with Crippen LogP contribution < -0.4 is 4.90 Å². The van der Waals surface area contributed by atoms with Crippen LogP contribution in [0.3, 0.4) is 0 Å². The fraction of sp³-hybridized carbons (Fsp3) is 0.684. The van der Waals surface area contributed by atoms with E-state index in [-0.39, 0.29) is 27.4 Å². The van der Waals surface area contributed by atoms with Gasteiger partial charge in [-0.3, -0.25) is 0 Å². The Morgan fingerprint density at radius 2 is 1.67 bits per heavy atom. The first kappa shape index (κ1) is 22.2. The van der Waals surface area contributed by atoms with Crippen LogP contribution in [0.15, 0.2) is 28.0 Å². The number of sulfone groups is 2. The Hall–Kier alpha value is -1.12. The molecule has 2 atom stereocenters. The van der Waals surface area contributed by atoms with Crippen LogP contribution in [0, 0.1) is 5.41 Å². The van der Waals surface area contributed by atoms with E-state index in [1.54, 1.807) is 6.07 Å². The first-order valence-corrected chi connectivity index (χ1v) is 13.1. The zero-order valence-corrected chi connectivity index (χ0v) is 18.7. The van der Waals surface area contributed by atoms with Crippen molar-refractivity contribution in [3.05, 3.63) is 18.2 Å². The number of anilines is 1. The lowest BCUT2D eigenvalue weighted by Crippen LogP contribution is -2.64. The molecule has 0 heterocycles. The van der Waals surface area contributed by atoms with Gasteiger partial charge in [0, 0.05) is 37.6 Å². The minimum absolute atomic E-state index is 0.0122. The summed E-state index contributed by atoms with van der Waals surface area (Å²) in [6.07, 6.45) is 5.03. The van der Waals surface area contributed by atoms with Gasteiger partial charge in [0.2, 0.25) is 0 Å². The van der Waals surface area contributed by atoms with Crippen LogP contribution in [0.2, 0.25) is 0 Å². The maximum absolute atomic E-state index is 12.4. The van der Waals surface area contributed by atoms with Gasteiger partial charge in [-0.05, 0) is 44.4 Å². The van der Waals surface area contributed by atoms with Crippen LogP contribution in [-0.2, 0) is 24.4 Å². The van der Waals surface area contributed by atoms with Crippen LogP contribution in [0.4, 0.5) is 5.69 Å². The number of hydrogen-bond acceptors (Lipinski definition) is 6. The Balaban J connectivity index is 2.52. The Kier molecular flexibility index (Phi) is 6.34. The fourth-order valence-electron chi connectivity index (χ4n) is 4.36. The number of hydrogen-bond donors (Lipinski definition) is 0. The Labute approximate surface area is 163 Å². The van der Waals surface area contributed by atoms with Crippen LogP contribution in [0.25, 0.3) is 0 Å². The predicted octanol–water partition coefficient (Wildman–Crippen LogP) is 2.91. The summed E-state index contributed by atoms with van der Waals surface area (Å²) in [6.45, 7) is 6.92. The van der Waals surface area contributed by atoms with E-state index in [2.05, 4.69) is 13.8 Å². The Morgan fingerprint density at radius 1 is 1.07 bits per heavy atom. The van der Waals surface area contributed by atoms with E-state index in [0.29, 0.717) is 12.3 Å². The molecule has 1 fully saturated rings. The first-order chi connectivity index (χ1) is 12.4. The van der Waals surface area contributed by atoms with Gasteiger partial charge in [0.05, 0.1) is 21.6 Å². The lowest BCUT2D eigenvalue weighted by molar-refractivity contribution is -0.128. The summed E-state index contributed by atoms with van der Waals surface area (Å²) in [5.41, 5.74) is 0.491.